The third kappa shape index (κ3) is 2.46. The van der Waals surface area contributed by atoms with Gasteiger partial charge in [0.05, 0.1) is 12.2 Å². The standard InChI is InChI=1S/C10H12N2O/c1-2-13-7-8-3-4-10(12)9(5-8)6-11/h3-5H,2,7,12H2,1H3. The van der Waals surface area contributed by atoms with Gasteiger partial charge in [0.2, 0.25) is 0 Å². The summed E-state index contributed by atoms with van der Waals surface area (Å²) in [6.07, 6.45) is 0. The lowest BCUT2D eigenvalue weighted by Crippen LogP contribution is -1.95. The van der Waals surface area contributed by atoms with Gasteiger partial charge in [0.25, 0.3) is 0 Å². The molecule has 0 unspecified atom stereocenters. The summed E-state index contributed by atoms with van der Waals surface area (Å²) in [5, 5.41) is 8.70. The lowest BCUT2D eigenvalue weighted by atomic mass is 10.1. The van der Waals surface area contributed by atoms with Crippen molar-refractivity contribution in [3.8, 4) is 6.07 Å². The number of nitrogen functional groups attached to an aromatic ring is 1. The number of nitrogens with zero attached hydrogens (tertiary/aromatic N) is 1. The molecule has 0 radical (unpaired) electrons. The summed E-state index contributed by atoms with van der Waals surface area (Å²) >= 11 is 0. The minimum Gasteiger partial charge on any atom is -0.398 e. The van der Waals surface area contributed by atoms with Crippen molar-refractivity contribution in [3.63, 3.8) is 0 Å². The number of rotatable bonds is 3. The molecule has 0 spiro atoms. The number of ether oxygens (including phenoxy) is 1. The van der Waals surface area contributed by atoms with Crippen LogP contribution in [-0.4, -0.2) is 6.61 Å². The van der Waals surface area contributed by atoms with Crippen LogP contribution in [-0.2, 0) is 11.3 Å². The average Bonchev–Trinajstić information content (AvgIpc) is 2.16. The van der Waals surface area contributed by atoms with Gasteiger partial charge in [0, 0.05) is 12.3 Å². The van der Waals surface area contributed by atoms with Crippen LogP contribution in [0.1, 0.15) is 18.1 Å². The predicted molar refractivity (Wildman–Crippen MR) is 50.9 cm³/mol. The summed E-state index contributed by atoms with van der Waals surface area (Å²) in [5.41, 5.74) is 7.57. The normalized spacial score (nSPS) is 9.54. The second kappa shape index (κ2) is 4.48. The van der Waals surface area contributed by atoms with E-state index in [0.29, 0.717) is 24.5 Å². The molecule has 0 heterocycles. The Kier molecular flexibility index (Phi) is 3.30. The largest absolute Gasteiger partial charge is 0.398 e. The number of anilines is 1. The molecule has 0 bridgehead atoms. The van der Waals surface area contributed by atoms with Crippen molar-refractivity contribution in [3.05, 3.63) is 29.3 Å². The highest BCUT2D eigenvalue weighted by molar-refractivity contribution is 5.55. The highest BCUT2D eigenvalue weighted by Gasteiger charge is 1.99. The van der Waals surface area contributed by atoms with Gasteiger partial charge in [-0.15, -0.1) is 0 Å². The van der Waals surface area contributed by atoms with E-state index >= 15 is 0 Å². The Balaban J connectivity index is 2.82. The van der Waals surface area contributed by atoms with E-state index < -0.39 is 0 Å². The van der Waals surface area contributed by atoms with Crippen molar-refractivity contribution in [1.82, 2.24) is 0 Å². The molecule has 0 amide bonds. The Bertz CT molecular complexity index is 328. The number of nitriles is 1. The first-order valence-corrected chi connectivity index (χ1v) is 4.14. The van der Waals surface area contributed by atoms with Crippen molar-refractivity contribution in [1.29, 1.82) is 5.26 Å². The number of nitrogens with two attached hydrogens (primary N) is 1. The molecule has 68 valence electrons. The van der Waals surface area contributed by atoms with E-state index in [1.54, 1.807) is 12.1 Å². The van der Waals surface area contributed by atoms with E-state index in [4.69, 9.17) is 15.7 Å². The smallest absolute Gasteiger partial charge is 0.101 e. The summed E-state index contributed by atoms with van der Waals surface area (Å²) in [7, 11) is 0. The quantitative estimate of drug-likeness (QED) is 0.713. The summed E-state index contributed by atoms with van der Waals surface area (Å²) in [6, 6.07) is 7.38. The molecule has 1 aromatic rings. The Morgan fingerprint density at radius 3 is 2.92 bits per heavy atom. The molecular weight excluding hydrogens is 164 g/mol. The highest BCUT2D eigenvalue weighted by atomic mass is 16.5. The van der Waals surface area contributed by atoms with E-state index in [0.717, 1.165) is 5.56 Å². The Hall–Kier alpha value is -1.53. The van der Waals surface area contributed by atoms with Crippen molar-refractivity contribution in [2.75, 3.05) is 12.3 Å². The van der Waals surface area contributed by atoms with Crippen LogP contribution in [0.15, 0.2) is 18.2 Å². The first-order valence-electron chi connectivity index (χ1n) is 4.14. The van der Waals surface area contributed by atoms with Gasteiger partial charge in [-0.1, -0.05) is 6.07 Å². The van der Waals surface area contributed by atoms with Crippen LogP contribution in [0.2, 0.25) is 0 Å². The lowest BCUT2D eigenvalue weighted by Gasteiger charge is -2.03. The van der Waals surface area contributed by atoms with E-state index in [9.17, 15) is 0 Å². The maximum atomic E-state index is 8.70. The fourth-order valence-corrected chi connectivity index (χ4v) is 1.01. The van der Waals surface area contributed by atoms with Crippen LogP contribution in [0.4, 0.5) is 5.69 Å². The first-order chi connectivity index (χ1) is 6.27. The monoisotopic (exact) mass is 176 g/mol. The minimum absolute atomic E-state index is 0.511. The molecule has 3 heteroatoms. The van der Waals surface area contributed by atoms with Crippen LogP contribution in [0.5, 0.6) is 0 Å². The average molecular weight is 176 g/mol. The van der Waals surface area contributed by atoms with Gasteiger partial charge in [-0.3, -0.25) is 0 Å². The van der Waals surface area contributed by atoms with Crippen molar-refractivity contribution in [2.24, 2.45) is 0 Å². The van der Waals surface area contributed by atoms with Gasteiger partial charge in [-0.05, 0) is 24.6 Å². The van der Waals surface area contributed by atoms with Crippen LogP contribution in [0.3, 0.4) is 0 Å². The molecule has 3 nitrogen and oxygen atoms in total. The van der Waals surface area contributed by atoms with Crippen molar-refractivity contribution in [2.45, 2.75) is 13.5 Å². The number of hydrogen-bond acceptors (Lipinski definition) is 3. The van der Waals surface area contributed by atoms with E-state index in [-0.39, 0.29) is 0 Å². The molecule has 13 heavy (non-hydrogen) atoms. The molecule has 0 saturated carbocycles. The summed E-state index contributed by atoms with van der Waals surface area (Å²) in [4.78, 5) is 0. The molecule has 1 aromatic carbocycles. The second-order valence-corrected chi connectivity index (χ2v) is 2.67. The summed E-state index contributed by atoms with van der Waals surface area (Å²) < 4.78 is 5.21. The zero-order valence-electron chi connectivity index (χ0n) is 7.58. The topological polar surface area (TPSA) is 59.0 Å². The molecule has 0 aliphatic rings. The second-order valence-electron chi connectivity index (χ2n) is 2.67. The SMILES string of the molecule is CCOCc1ccc(N)c(C#N)c1. The Morgan fingerprint density at radius 2 is 2.31 bits per heavy atom. The molecule has 0 fully saturated rings. The highest BCUT2D eigenvalue weighted by Crippen LogP contribution is 2.13. The molecular formula is C10H12N2O. The number of benzene rings is 1. The first kappa shape index (κ1) is 9.56. The van der Waals surface area contributed by atoms with E-state index in [1.165, 1.54) is 0 Å². The Morgan fingerprint density at radius 1 is 1.54 bits per heavy atom. The zero-order chi connectivity index (χ0) is 9.68. The third-order valence-electron chi connectivity index (χ3n) is 1.71. The van der Waals surface area contributed by atoms with Gasteiger partial charge in [0.15, 0.2) is 0 Å². The molecule has 0 aliphatic carbocycles. The molecule has 2 N–H and O–H groups in total. The van der Waals surface area contributed by atoms with Gasteiger partial charge in [-0.25, -0.2) is 0 Å². The molecule has 1 rings (SSSR count). The van der Waals surface area contributed by atoms with Crippen LogP contribution >= 0.6 is 0 Å². The molecule has 0 saturated heterocycles. The molecule has 0 aliphatic heterocycles. The Labute approximate surface area is 77.7 Å². The maximum absolute atomic E-state index is 8.70. The summed E-state index contributed by atoms with van der Waals surface area (Å²) in [6.45, 7) is 3.14. The number of hydrogen-bond donors (Lipinski definition) is 1. The zero-order valence-corrected chi connectivity index (χ0v) is 7.58. The van der Waals surface area contributed by atoms with Gasteiger partial charge < -0.3 is 10.5 Å². The molecule has 0 aromatic heterocycles. The van der Waals surface area contributed by atoms with Crippen LogP contribution in [0, 0.1) is 11.3 Å². The molecule has 0 atom stereocenters. The predicted octanol–water partition coefficient (Wildman–Crippen LogP) is 1.68. The van der Waals surface area contributed by atoms with Gasteiger partial charge in [0.1, 0.15) is 6.07 Å². The van der Waals surface area contributed by atoms with Crippen LogP contribution < -0.4 is 5.73 Å². The van der Waals surface area contributed by atoms with E-state index in [2.05, 4.69) is 0 Å². The van der Waals surface area contributed by atoms with Crippen LogP contribution in [0.25, 0.3) is 0 Å². The third-order valence-corrected chi connectivity index (χ3v) is 1.71. The van der Waals surface area contributed by atoms with Gasteiger partial charge >= 0.3 is 0 Å². The fourth-order valence-electron chi connectivity index (χ4n) is 1.01. The maximum Gasteiger partial charge on any atom is 0.101 e. The van der Waals surface area contributed by atoms with Gasteiger partial charge in [-0.2, -0.15) is 5.26 Å². The fraction of sp³-hybridized carbons (Fsp3) is 0.300. The minimum atomic E-state index is 0.511. The summed E-state index contributed by atoms with van der Waals surface area (Å²) in [5.74, 6) is 0. The van der Waals surface area contributed by atoms with Crippen molar-refractivity contribution < 1.29 is 4.74 Å². The van der Waals surface area contributed by atoms with E-state index in [1.807, 2.05) is 19.1 Å². The van der Waals surface area contributed by atoms with Crippen molar-refractivity contribution >= 4 is 5.69 Å². The lowest BCUT2D eigenvalue weighted by molar-refractivity contribution is 0.134.